The topological polar surface area (TPSA) is 354 Å². The molecule has 1 N–H and O–H groups in total. The van der Waals surface area contributed by atoms with Gasteiger partial charge in [-0.1, -0.05) is 97.9 Å². The molecule has 0 radical (unpaired) electrons. The van der Waals surface area contributed by atoms with E-state index in [1.54, 1.807) is 12.1 Å². The Bertz CT molecular complexity index is 6590. The Morgan fingerprint density at radius 2 is 1.12 bits per heavy atom. The third kappa shape index (κ3) is 31.0. The van der Waals surface area contributed by atoms with Crippen LogP contribution >= 0.6 is 0 Å². The Hall–Kier alpha value is -2.99. The number of hydrogen-bond acceptors (Lipinski definition) is 22. The van der Waals surface area contributed by atoms with Gasteiger partial charge in [0.05, 0.1) is 43.9 Å². The fourth-order valence-electron chi connectivity index (χ4n) is 16.8. The molecule has 0 bridgehead atoms. The summed E-state index contributed by atoms with van der Waals surface area (Å²) in [4.78, 5) is 6.41. The van der Waals surface area contributed by atoms with Crippen LogP contribution in [0.3, 0.4) is 0 Å². The fourth-order valence-corrected chi connectivity index (χ4v) is 18.7. The molecule has 1 saturated heterocycles. The molecule has 9 aromatic carbocycles. The molecular formula is C95H106K4N5NaO19S6+2. The van der Waals surface area contributed by atoms with Gasteiger partial charge in [-0.25, -0.2) is 16.8 Å². The van der Waals surface area contributed by atoms with Crippen LogP contribution in [0.25, 0.3) is 43.1 Å². The van der Waals surface area contributed by atoms with E-state index in [9.17, 15) is 34.4 Å². The van der Waals surface area contributed by atoms with Crippen LogP contribution in [0.4, 0.5) is 22.7 Å². The van der Waals surface area contributed by atoms with Crippen molar-refractivity contribution in [3.05, 3.63) is 263 Å². The molecule has 1 aliphatic carbocycles. The van der Waals surface area contributed by atoms with Crippen molar-refractivity contribution in [3.8, 4) is 5.75 Å². The van der Waals surface area contributed by atoms with Crippen molar-refractivity contribution in [1.29, 1.82) is 0 Å². The summed E-state index contributed by atoms with van der Waals surface area (Å²) in [6.45, 7) is 40.2. The molecule has 5 aliphatic heterocycles. The molecule has 9 aromatic rings. The minimum Gasteiger partial charge on any atom is -0.748 e. The van der Waals surface area contributed by atoms with Crippen molar-refractivity contribution >= 4 is 145 Å². The minimum absolute atomic E-state index is 0. The smallest absolute Gasteiger partial charge is 0.748 e. The quantitative estimate of drug-likeness (QED) is 0.0269. The summed E-state index contributed by atoms with van der Waals surface area (Å²) >= 11 is 0. The number of unbranched alkanes of at least 4 members (excludes halogenated alkanes) is 2. The van der Waals surface area contributed by atoms with E-state index >= 15 is 0 Å². The summed E-state index contributed by atoms with van der Waals surface area (Å²) in [5, 5.41) is 12.3. The second-order valence-corrected chi connectivity index (χ2v) is 39.0. The molecule has 0 aromatic heterocycles. The average molecular weight is 1990 g/mol. The second-order valence-electron chi connectivity index (χ2n) is 33.1. The van der Waals surface area contributed by atoms with Crippen molar-refractivity contribution in [1.82, 2.24) is 5.32 Å². The summed E-state index contributed by atoms with van der Waals surface area (Å²) in [6, 6.07) is 57.8. The first kappa shape index (κ1) is 119. The molecular weight excluding hydrogens is 1890 g/mol. The predicted octanol–water partition coefficient (Wildman–Crippen LogP) is 2.32. The van der Waals surface area contributed by atoms with Gasteiger partial charge in [-0.2, -0.15) is 90.4 Å². The van der Waals surface area contributed by atoms with Crippen LogP contribution in [0.1, 0.15) is 176 Å². The first-order valence-corrected chi connectivity index (χ1v) is 48.6. The van der Waals surface area contributed by atoms with Gasteiger partial charge in [-0.3, -0.25) is 9.18 Å². The van der Waals surface area contributed by atoms with Crippen molar-refractivity contribution < 1.29 is 325 Å². The summed E-state index contributed by atoms with van der Waals surface area (Å²) in [5.41, 5.74) is 18.6. The molecule has 130 heavy (non-hydrogen) atoms. The number of ether oxygens (including phenoxy) is 1. The summed E-state index contributed by atoms with van der Waals surface area (Å²) in [5.74, 6) is 1.16. The standard InChI is InChI=1S/C58H65N3O7S2.C19H23N.C15H14N.C3H6O3S.4K.Na.3O3S/c1-9-10-35-60-50-29-21-42-15-11-12-18-48(42)54(50)57(5,6)52(60)31-23-43-16-13-17-44(56(43)68-46-25-19-41(20-26-46)33-34-59-40(4)39(2)3)24-32-53-58(7,8)55-49-28-27-47(70(65,66)67)38-45(49)22-30-51(55)61(53)36-14-37-69(62,63)64;1-5-6-13-20-14(2)19(3,4)18-16-10-8-7-9-15(16)11-12-17(18)20;1-10-15(2,3)14-12-7-5-4-6-11(12)8-9-13(14)16-10;4-7(5)3-1-2-6-7;;;;;;3*1-4(2)3/h12,15,18-32,38,59H,2,4,9-10,13-14,16-17,33-37H2,1,3,5-8H3,(H,62,63,64)(H,65,66,67);8-12H,5-6,13H2,1-4H3;5-9H,1-3H3;1-3H2;;;;;;;;/q;;-1;;5*+1;;;/p-2. The maximum absolute atomic E-state index is 12.0. The number of allylic oxidation sites excluding steroid dienone is 8. The van der Waals surface area contributed by atoms with Crippen LogP contribution in [-0.4, -0.2) is 143 Å². The number of hydrogen-bond donors (Lipinski definition) is 1. The van der Waals surface area contributed by atoms with Gasteiger partial charge in [-0.15, -0.1) is 88.4 Å². The van der Waals surface area contributed by atoms with Gasteiger partial charge in [0.15, 0.2) is 11.4 Å². The van der Waals surface area contributed by atoms with Crippen LogP contribution in [0, 0.1) is 18.2 Å². The molecule has 5 heterocycles. The van der Waals surface area contributed by atoms with Crippen molar-refractivity contribution in [3.63, 3.8) is 0 Å². The zero-order valence-corrected chi connectivity index (χ0v) is 97.0. The van der Waals surface area contributed by atoms with E-state index in [-0.39, 0.29) is 275 Å². The van der Waals surface area contributed by atoms with Gasteiger partial charge in [0.2, 0.25) is 11.4 Å². The molecule has 0 amide bonds. The van der Waals surface area contributed by atoms with Crippen LogP contribution in [-0.2, 0) is 94.4 Å². The molecule has 6 aliphatic rings. The first-order chi connectivity index (χ1) is 58.8. The third-order valence-corrected chi connectivity index (χ3v) is 26.3. The number of nitrogens with one attached hydrogen (secondary N) is 1. The molecule has 0 atom stereocenters. The third-order valence-electron chi connectivity index (χ3n) is 23.3. The number of fused-ring (bicyclic) bond motifs is 12. The van der Waals surface area contributed by atoms with E-state index < -0.39 is 73.3 Å². The van der Waals surface area contributed by atoms with Crippen molar-refractivity contribution in [2.45, 2.75) is 181 Å². The van der Waals surface area contributed by atoms with Gasteiger partial charge in [0.25, 0.3) is 10.1 Å². The number of rotatable bonds is 21. The number of benzene rings is 9. The molecule has 0 unspecified atom stereocenters. The van der Waals surface area contributed by atoms with E-state index in [1.165, 1.54) is 102 Å². The molecule has 1 fully saturated rings. The maximum atomic E-state index is 12.0. The van der Waals surface area contributed by atoms with Gasteiger partial charge in [0, 0.05) is 89.4 Å². The number of aliphatic imine (C=N–C) groups is 1. The predicted molar refractivity (Wildman–Crippen MR) is 489 cm³/mol. The van der Waals surface area contributed by atoms with Crippen LogP contribution < -0.4 is 250 Å². The summed E-state index contributed by atoms with van der Waals surface area (Å²) in [7, 11) is -21.5. The van der Waals surface area contributed by atoms with Crippen LogP contribution in [0.15, 0.2) is 227 Å². The van der Waals surface area contributed by atoms with E-state index in [2.05, 4.69) is 246 Å². The fraction of sp³-hybridized carbons (Fsp3) is 0.358. The molecule has 0 spiro atoms. The number of nitrogens with zero attached hydrogens (tertiary/aromatic N) is 4. The van der Waals surface area contributed by atoms with Crippen LogP contribution in [0.2, 0.25) is 0 Å². The Morgan fingerprint density at radius 1 is 0.608 bits per heavy atom. The summed E-state index contributed by atoms with van der Waals surface area (Å²) < 4.78 is 184. The Labute approximate surface area is 963 Å². The second kappa shape index (κ2) is 52.9. The zero-order chi connectivity index (χ0) is 91.9. The van der Waals surface area contributed by atoms with Gasteiger partial charge in [0.1, 0.15) is 34.7 Å². The Morgan fingerprint density at radius 3 is 1.62 bits per heavy atom. The molecule has 15 rings (SSSR count). The molecule has 24 nitrogen and oxygen atoms in total. The monoisotopic (exact) mass is 1990 g/mol. The zero-order valence-electron chi connectivity index (χ0n) is 77.6. The van der Waals surface area contributed by atoms with Crippen molar-refractivity contribution in [2.75, 3.05) is 49.2 Å². The molecule has 0 saturated carbocycles. The van der Waals surface area contributed by atoms with E-state index in [0.29, 0.717) is 24.2 Å². The van der Waals surface area contributed by atoms with Gasteiger partial charge in [-0.05, 0) is 185 Å². The van der Waals surface area contributed by atoms with E-state index in [0.717, 1.165) is 120 Å². The minimum atomic E-state index is -4.69. The van der Waals surface area contributed by atoms with E-state index in [1.807, 2.05) is 49.4 Å². The van der Waals surface area contributed by atoms with Crippen molar-refractivity contribution in [2.24, 2.45) is 4.99 Å². The van der Waals surface area contributed by atoms with Gasteiger partial charge < -0.3 is 24.1 Å². The maximum Gasteiger partial charge on any atom is 1.00 e. The van der Waals surface area contributed by atoms with E-state index in [4.69, 9.17) is 42.6 Å². The Balaban J connectivity index is 0.000000471. The molecule has 35 heteroatoms. The summed E-state index contributed by atoms with van der Waals surface area (Å²) in [6.07, 6.45) is 17.3. The SMILES string of the molecule is C=C(C)C(=C)NCCc1ccc(OC2=C(/C=C/C3=[N+](CCCC)c4ccc5c[c-]ccc5c4C3(C)C)CCC/C2=C\C=C2\N(CCCS(=O)(=O)[O-])c3ccc4cc(S(=O)(=O)[O-])ccc4c3C2(C)C)cc1.CC1=Nc2ccc3c[c-]ccc3c2C1(C)C.CCCC[N+]1=C(C)C(C)(C)c2c1ccc1c[c-]ccc21.O=S(=O)=O.O=S(=O)=O.O=S(=O)=O.O=S1(=O)CCCO1.[K+].[K+].[K+].[K+].[Na+]. The van der Waals surface area contributed by atoms with Crippen LogP contribution in [0.5, 0.6) is 5.75 Å². The molecule has 664 valence electrons. The largest absolute Gasteiger partial charge is 1.00 e. The number of anilines is 1. The Kier molecular flexibility index (Phi) is 48.5. The average Bonchev–Trinajstić information content (AvgIpc) is 1.58. The first-order valence-electron chi connectivity index (χ1n) is 41.0. The normalized spacial score (nSPS) is 16.4. The van der Waals surface area contributed by atoms with Gasteiger partial charge >= 0.3 is 267 Å².